The van der Waals surface area contributed by atoms with E-state index in [-0.39, 0.29) is 17.3 Å². The van der Waals surface area contributed by atoms with Crippen LogP contribution in [-0.4, -0.2) is 28.1 Å². The fourth-order valence-corrected chi connectivity index (χ4v) is 3.15. The minimum atomic E-state index is -3.58. The molecule has 1 aliphatic rings. The maximum absolute atomic E-state index is 13.0. The van der Waals surface area contributed by atoms with Crippen LogP contribution in [0.5, 0.6) is 0 Å². The van der Waals surface area contributed by atoms with Crippen molar-refractivity contribution in [2.45, 2.75) is 17.7 Å². The molecule has 1 heterocycles. The molecule has 0 bridgehead atoms. The maximum Gasteiger partial charge on any atom is 0.240 e. The molecule has 1 saturated heterocycles. The molecular weight excluding hydrogens is 291 g/mol. The lowest BCUT2D eigenvalue weighted by Crippen LogP contribution is -2.26. The first-order valence-corrected chi connectivity index (χ1v) is 7.52. The van der Waals surface area contributed by atoms with Gasteiger partial charge in [-0.05, 0) is 50.0 Å². The Morgan fingerprint density at radius 3 is 2.84 bits per heavy atom. The largest absolute Gasteiger partial charge is 0.316 e. The summed E-state index contributed by atoms with van der Waals surface area (Å²) in [6, 6.07) is 5.04. The summed E-state index contributed by atoms with van der Waals surface area (Å²) in [5, 5.41) is 3.23. The lowest BCUT2D eigenvalue weighted by molar-refractivity contribution is 0.519. The summed E-state index contributed by atoms with van der Waals surface area (Å²) < 4.78 is 39.2. The minimum absolute atomic E-state index is 0. The van der Waals surface area contributed by atoms with Gasteiger partial charge in [-0.15, -0.1) is 12.4 Å². The molecule has 0 aromatic heterocycles. The van der Waals surface area contributed by atoms with Crippen molar-refractivity contribution >= 4 is 22.4 Å². The van der Waals surface area contributed by atoms with Crippen molar-refractivity contribution in [3.63, 3.8) is 0 Å². The number of hydrogen-bond acceptors (Lipinski definition) is 3. The number of benzene rings is 1. The zero-order valence-corrected chi connectivity index (χ0v) is 12.1. The van der Waals surface area contributed by atoms with Crippen molar-refractivity contribution in [3.8, 4) is 0 Å². The van der Waals surface area contributed by atoms with Gasteiger partial charge < -0.3 is 5.32 Å². The molecule has 1 aromatic rings. The first-order valence-electron chi connectivity index (χ1n) is 6.04. The summed E-state index contributed by atoms with van der Waals surface area (Å²) in [6.45, 7) is 2.34. The molecule has 1 atom stereocenters. The highest BCUT2D eigenvalue weighted by Crippen LogP contribution is 2.13. The van der Waals surface area contributed by atoms with Crippen LogP contribution in [0.1, 0.15) is 12.8 Å². The Labute approximate surface area is 119 Å². The van der Waals surface area contributed by atoms with Crippen LogP contribution in [0.15, 0.2) is 29.2 Å². The Hall–Kier alpha value is -0.690. The highest BCUT2D eigenvalue weighted by molar-refractivity contribution is 7.89. The predicted molar refractivity (Wildman–Crippen MR) is 74.4 cm³/mol. The number of nitrogens with one attached hydrogen (secondary N) is 2. The van der Waals surface area contributed by atoms with Gasteiger partial charge in [0.25, 0.3) is 0 Å². The van der Waals surface area contributed by atoms with Crippen LogP contribution >= 0.6 is 12.4 Å². The number of hydrogen-bond donors (Lipinski definition) is 2. The molecule has 2 rings (SSSR count). The highest BCUT2D eigenvalue weighted by Gasteiger charge is 2.17. The van der Waals surface area contributed by atoms with Gasteiger partial charge in [-0.25, -0.2) is 17.5 Å². The normalized spacial score (nSPS) is 19.1. The lowest BCUT2D eigenvalue weighted by Gasteiger charge is -2.10. The van der Waals surface area contributed by atoms with Crippen LogP contribution in [0, 0.1) is 11.7 Å². The third kappa shape index (κ3) is 4.72. The average molecular weight is 309 g/mol. The number of halogens is 2. The molecule has 108 valence electrons. The highest BCUT2D eigenvalue weighted by atomic mass is 35.5. The fraction of sp³-hybridized carbons (Fsp3) is 0.500. The Morgan fingerprint density at radius 1 is 1.42 bits per heavy atom. The van der Waals surface area contributed by atoms with Crippen molar-refractivity contribution in [2.24, 2.45) is 5.92 Å². The van der Waals surface area contributed by atoms with Crippen molar-refractivity contribution in [1.29, 1.82) is 0 Å². The van der Waals surface area contributed by atoms with Gasteiger partial charge in [0.1, 0.15) is 5.82 Å². The summed E-state index contributed by atoms with van der Waals surface area (Å²) in [7, 11) is -3.58. The maximum atomic E-state index is 13.0. The number of sulfonamides is 1. The van der Waals surface area contributed by atoms with E-state index in [0.717, 1.165) is 32.0 Å². The molecule has 1 aromatic carbocycles. The van der Waals surface area contributed by atoms with Gasteiger partial charge in [-0.1, -0.05) is 6.07 Å². The first-order chi connectivity index (χ1) is 8.58. The molecule has 2 N–H and O–H groups in total. The van der Waals surface area contributed by atoms with Crippen molar-refractivity contribution in [1.82, 2.24) is 10.0 Å². The van der Waals surface area contributed by atoms with E-state index >= 15 is 0 Å². The van der Waals surface area contributed by atoms with E-state index in [2.05, 4.69) is 10.0 Å². The Bertz CT molecular complexity index is 504. The van der Waals surface area contributed by atoms with Gasteiger partial charge in [-0.2, -0.15) is 0 Å². The van der Waals surface area contributed by atoms with Crippen LogP contribution in [0.2, 0.25) is 0 Å². The van der Waals surface area contributed by atoms with E-state index in [0.29, 0.717) is 12.5 Å². The van der Waals surface area contributed by atoms with Gasteiger partial charge in [0.2, 0.25) is 10.0 Å². The summed E-state index contributed by atoms with van der Waals surface area (Å²) in [4.78, 5) is -0.0213. The average Bonchev–Trinajstić information content (AvgIpc) is 2.82. The van der Waals surface area contributed by atoms with E-state index in [1.54, 1.807) is 0 Å². The molecule has 1 unspecified atom stereocenters. The second kappa shape index (κ2) is 7.19. The third-order valence-corrected chi connectivity index (χ3v) is 4.57. The Balaban J connectivity index is 0.00000180. The van der Waals surface area contributed by atoms with Crippen LogP contribution in [0.3, 0.4) is 0 Å². The monoisotopic (exact) mass is 308 g/mol. The molecule has 7 heteroatoms. The van der Waals surface area contributed by atoms with Crippen LogP contribution in [0.25, 0.3) is 0 Å². The molecule has 0 amide bonds. The van der Waals surface area contributed by atoms with E-state index < -0.39 is 15.8 Å². The van der Waals surface area contributed by atoms with Crippen molar-refractivity contribution < 1.29 is 12.8 Å². The summed E-state index contributed by atoms with van der Waals surface area (Å²) in [6.07, 6.45) is 1.89. The van der Waals surface area contributed by atoms with E-state index in [1.807, 2.05) is 0 Å². The predicted octanol–water partition coefficient (Wildman–Crippen LogP) is 1.53. The van der Waals surface area contributed by atoms with Crippen molar-refractivity contribution in [3.05, 3.63) is 30.1 Å². The second-order valence-electron chi connectivity index (χ2n) is 4.50. The zero-order valence-electron chi connectivity index (χ0n) is 10.4. The lowest BCUT2D eigenvalue weighted by atomic mass is 10.1. The molecule has 0 aliphatic carbocycles. The quantitative estimate of drug-likeness (QED) is 0.867. The molecule has 1 aliphatic heterocycles. The van der Waals surface area contributed by atoms with Crippen LogP contribution in [0.4, 0.5) is 4.39 Å². The minimum Gasteiger partial charge on any atom is -0.316 e. The van der Waals surface area contributed by atoms with Gasteiger partial charge in [0.15, 0.2) is 0 Å². The van der Waals surface area contributed by atoms with E-state index in [4.69, 9.17) is 0 Å². The molecular formula is C12H18ClFN2O2S. The second-order valence-corrected chi connectivity index (χ2v) is 6.27. The van der Waals surface area contributed by atoms with Gasteiger partial charge in [0.05, 0.1) is 4.90 Å². The summed E-state index contributed by atoms with van der Waals surface area (Å²) >= 11 is 0. The zero-order chi connectivity index (χ0) is 13.0. The smallest absolute Gasteiger partial charge is 0.240 e. The molecule has 19 heavy (non-hydrogen) atoms. The third-order valence-electron chi connectivity index (χ3n) is 3.11. The van der Waals surface area contributed by atoms with Crippen LogP contribution < -0.4 is 10.0 Å². The van der Waals surface area contributed by atoms with E-state index in [1.165, 1.54) is 18.2 Å². The Kier molecular flexibility index (Phi) is 6.19. The topological polar surface area (TPSA) is 58.2 Å². The molecule has 4 nitrogen and oxygen atoms in total. The van der Waals surface area contributed by atoms with Gasteiger partial charge in [0, 0.05) is 6.54 Å². The molecule has 0 radical (unpaired) electrons. The Morgan fingerprint density at radius 2 is 2.21 bits per heavy atom. The standard InChI is InChI=1S/C12H17FN2O2S.ClH/c13-11-2-1-3-12(8-11)18(16,17)15-7-5-10-4-6-14-9-10;/h1-3,8,10,14-15H,4-7,9H2;1H. The summed E-state index contributed by atoms with van der Waals surface area (Å²) in [5.74, 6) is -0.0157. The molecule has 0 spiro atoms. The summed E-state index contributed by atoms with van der Waals surface area (Å²) in [5.41, 5.74) is 0. The van der Waals surface area contributed by atoms with E-state index in [9.17, 15) is 12.8 Å². The van der Waals surface area contributed by atoms with Crippen LogP contribution in [-0.2, 0) is 10.0 Å². The fourth-order valence-electron chi connectivity index (χ4n) is 2.08. The SMILES string of the molecule is Cl.O=S(=O)(NCCC1CCNC1)c1cccc(F)c1. The van der Waals surface area contributed by atoms with Crippen molar-refractivity contribution in [2.75, 3.05) is 19.6 Å². The molecule has 0 saturated carbocycles. The number of rotatable bonds is 5. The molecule has 1 fully saturated rings. The van der Waals surface area contributed by atoms with Gasteiger partial charge in [-0.3, -0.25) is 0 Å². The first kappa shape index (κ1) is 16.4. The van der Waals surface area contributed by atoms with Gasteiger partial charge >= 0.3 is 0 Å².